The first-order chi connectivity index (χ1) is 9.47. The molecule has 0 radical (unpaired) electrons. The summed E-state index contributed by atoms with van der Waals surface area (Å²) in [5, 5.41) is 0. The molecular formula is C16H25N3O. The van der Waals surface area contributed by atoms with E-state index in [1.807, 2.05) is 25.1 Å². The number of carbonyl (C=O) groups is 1. The molecule has 20 heavy (non-hydrogen) atoms. The van der Waals surface area contributed by atoms with E-state index in [0.717, 1.165) is 25.2 Å². The maximum atomic E-state index is 11.2. The van der Waals surface area contributed by atoms with Crippen LogP contribution in [0, 0.1) is 12.8 Å². The van der Waals surface area contributed by atoms with Crippen LogP contribution in [0.15, 0.2) is 18.2 Å². The predicted octanol–water partition coefficient (Wildman–Crippen LogP) is 1.65. The van der Waals surface area contributed by atoms with Gasteiger partial charge in [0.05, 0.1) is 0 Å². The van der Waals surface area contributed by atoms with Crippen molar-refractivity contribution in [3.05, 3.63) is 34.9 Å². The smallest absolute Gasteiger partial charge is 0.248 e. The quantitative estimate of drug-likeness (QED) is 0.877. The number of carbonyl (C=O) groups excluding carboxylic acids is 1. The van der Waals surface area contributed by atoms with Crippen molar-refractivity contribution in [1.82, 2.24) is 4.90 Å². The minimum Gasteiger partial charge on any atom is -0.366 e. The highest BCUT2D eigenvalue weighted by molar-refractivity contribution is 5.93. The van der Waals surface area contributed by atoms with Gasteiger partial charge in [0.2, 0.25) is 5.91 Å². The zero-order valence-electron chi connectivity index (χ0n) is 12.4. The number of hydrogen-bond acceptors (Lipinski definition) is 3. The number of nitrogens with zero attached hydrogens (tertiary/aromatic N) is 1. The summed E-state index contributed by atoms with van der Waals surface area (Å²) < 4.78 is 0. The molecule has 2 rings (SSSR count). The fraction of sp³-hybridized carbons (Fsp3) is 0.562. The van der Waals surface area contributed by atoms with E-state index in [0.29, 0.717) is 11.5 Å². The number of nitrogens with two attached hydrogens (primary N) is 2. The second-order valence-corrected chi connectivity index (χ2v) is 6.00. The Morgan fingerprint density at radius 3 is 2.85 bits per heavy atom. The lowest BCUT2D eigenvalue weighted by molar-refractivity contribution is 0.1000. The van der Waals surface area contributed by atoms with Crippen molar-refractivity contribution in [2.75, 3.05) is 13.1 Å². The van der Waals surface area contributed by atoms with Gasteiger partial charge in [0.1, 0.15) is 0 Å². The molecule has 1 fully saturated rings. The van der Waals surface area contributed by atoms with Gasteiger partial charge in [-0.15, -0.1) is 0 Å². The molecule has 1 heterocycles. The first-order valence-corrected chi connectivity index (χ1v) is 7.34. The largest absolute Gasteiger partial charge is 0.366 e. The van der Waals surface area contributed by atoms with Gasteiger partial charge in [-0.05, 0) is 62.4 Å². The van der Waals surface area contributed by atoms with Crippen LogP contribution >= 0.6 is 0 Å². The Labute approximate surface area is 121 Å². The Morgan fingerprint density at radius 2 is 2.25 bits per heavy atom. The van der Waals surface area contributed by atoms with E-state index < -0.39 is 0 Å². The molecule has 1 saturated heterocycles. The summed E-state index contributed by atoms with van der Waals surface area (Å²) in [6, 6.07) is 5.98. The second-order valence-electron chi connectivity index (χ2n) is 6.00. The lowest BCUT2D eigenvalue weighted by Crippen LogP contribution is -2.42. The summed E-state index contributed by atoms with van der Waals surface area (Å²) in [7, 11) is 0. The first kappa shape index (κ1) is 15.0. The molecule has 0 spiro atoms. The molecule has 1 aliphatic heterocycles. The van der Waals surface area contributed by atoms with Crippen molar-refractivity contribution >= 4 is 5.91 Å². The van der Waals surface area contributed by atoms with Gasteiger partial charge in [-0.1, -0.05) is 6.07 Å². The third kappa shape index (κ3) is 3.58. The van der Waals surface area contributed by atoms with E-state index in [-0.39, 0.29) is 11.9 Å². The second kappa shape index (κ2) is 6.37. The fourth-order valence-electron chi connectivity index (χ4n) is 2.93. The van der Waals surface area contributed by atoms with E-state index >= 15 is 0 Å². The van der Waals surface area contributed by atoms with Crippen molar-refractivity contribution in [1.29, 1.82) is 0 Å². The normalized spacial score (nSPS) is 21.6. The van der Waals surface area contributed by atoms with Crippen LogP contribution in [0.3, 0.4) is 0 Å². The van der Waals surface area contributed by atoms with Crippen molar-refractivity contribution in [2.45, 2.75) is 39.3 Å². The molecule has 0 aliphatic carbocycles. The van der Waals surface area contributed by atoms with Gasteiger partial charge in [0, 0.05) is 24.7 Å². The standard InChI is InChI=1S/C16H25N3O/c1-11-8-13(16(18)20)5-6-14(11)9-19-7-3-4-15(10-19)12(2)17/h5-6,8,12,15H,3-4,7,9-10,17H2,1-2H3,(H2,18,20). The molecule has 1 aliphatic rings. The number of primary amides is 1. The third-order valence-electron chi connectivity index (χ3n) is 4.31. The van der Waals surface area contributed by atoms with Crippen molar-refractivity contribution < 1.29 is 4.79 Å². The van der Waals surface area contributed by atoms with Crippen LogP contribution in [0.25, 0.3) is 0 Å². The SMILES string of the molecule is Cc1cc(C(N)=O)ccc1CN1CCCC(C(C)N)C1. The minimum atomic E-state index is -0.366. The Morgan fingerprint density at radius 1 is 1.50 bits per heavy atom. The number of aryl methyl sites for hydroxylation is 1. The van der Waals surface area contributed by atoms with Gasteiger partial charge < -0.3 is 11.5 Å². The molecule has 1 aromatic carbocycles. The van der Waals surface area contributed by atoms with Crippen LogP contribution in [-0.4, -0.2) is 29.9 Å². The molecule has 4 N–H and O–H groups in total. The van der Waals surface area contributed by atoms with Crippen LogP contribution in [0.4, 0.5) is 0 Å². The molecule has 0 bridgehead atoms. The summed E-state index contributed by atoms with van der Waals surface area (Å²) in [5.74, 6) is 0.226. The zero-order valence-corrected chi connectivity index (χ0v) is 12.4. The molecule has 0 saturated carbocycles. The summed E-state index contributed by atoms with van der Waals surface area (Å²) in [4.78, 5) is 13.6. The van der Waals surface area contributed by atoms with Gasteiger partial charge in [-0.2, -0.15) is 0 Å². The Balaban J connectivity index is 2.04. The van der Waals surface area contributed by atoms with E-state index in [4.69, 9.17) is 11.5 Å². The lowest BCUT2D eigenvalue weighted by Gasteiger charge is -2.34. The minimum absolute atomic E-state index is 0.260. The first-order valence-electron chi connectivity index (χ1n) is 7.34. The van der Waals surface area contributed by atoms with Crippen LogP contribution < -0.4 is 11.5 Å². The van der Waals surface area contributed by atoms with Gasteiger partial charge in [-0.25, -0.2) is 0 Å². The van der Waals surface area contributed by atoms with E-state index in [9.17, 15) is 4.79 Å². The average Bonchev–Trinajstić information content (AvgIpc) is 2.41. The number of likely N-dealkylation sites (tertiary alicyclic amines) is 1. The Kier molecular flexibility index (Phi) is 4.78. The Hall–Kier alpha value is -1.39. The van der Waals surface area contributed by atoms with Gasteiger partial charge in [-0.3, -0.25) is 9.69 Å². The fourth-order valence-corrected chi connectivity index (χ4v) is 2.93. The highest BCUT2D eigenvalue weighted by Crippen LogP contribution is 2.21. The average molecular weight is 275 g/mol. The van der Waals surface area contributed by atoms with E-state index in [1.165, 1.54) is 18.4 Å². The predicted molar refractivity (Wildman–Crippen MR) is 81.3 cm³/mol. The van der Waals surface area contributed by atoms with Crippen LogP contribution in [-0.2, 0) is 6.54 Å². The molecule has 1 amide bonds. The molecule has 2 unspecified atom stereocenters. The molecule has 4 nitrogen and oxygen atoms in total. The Bertz CT molecular complexity index is 485. The topological polar surface area (TPSA) is 72.4 Å². The maximum Gasteiger partial charge on any atom is 0.248 e. The number of piperidine rings is 1. The zero-order chi connectivity index (χ0) is 14.7. The monoisotopic (exact) mass is 275 g/mol. The van der Waals surface area contributed by atoms with Crippen molar-refractivity contribution in [2.24, 2.45) is 17.4 Å². The van der Waals surface area contributed by atoms with Crippen molar-refractivity contribution in [3.63, 3.8) is 0 Å². The summed E-state index contributed by atoms with van der Waals surface area (Å²) >= 11 is 0. The lowest BCUT2D eigenvalue weighted by atomic mass is 9.91. The molecular weight excluding hydrogens is 250 g/mol. The van der Waals surface area contributed by atoms with Gasteiger partial charge in [0.15, 0.2) is 0 Å². The number of benzene rings is 1. The highest BCUT2D eigenvalue weighted by Gasteiger charge is 2.22. The van der Waals surface area contributed by atoms with Crippen LogP contribution in [0.5, 0.6) is 0 Å². The number of hydrogen-bond donors (Lipinski definition) is 2. The number of amides is 1. The van der Waals surface area contributed by atoms with Gasteiger partial charge in [0.25, 0.3) is 0 Å². The third-order valence-corrected chi connectivity index (χ3v) is 4.31. The molecule has 1 aromatic rings. The van der Waals surface area contributed by atoms with Crippen LogP contribution in [0.2, 0.25) is 0 Å². The summed E-state index contributed by atoms with van der Waals surface area (Å²) in [5.41, 5.74) is 14.3. The van der Waals surface area contributed by atoms with Crippen LogP contribution in [0.1, 0.15) is 41.3 Å². The van der Waals surface area contributed by atoms with E-state index in [1.54, 1.807) is 0 Å². The molecule has 110 valence electrons. The van der Waals surface area contributed by atoms with Gasteiger partial charge >= 0.3 is 0 Å². The molecule has 2 atom stereocenters. The molecule has 0 aromatic heterocycles. The van der Waals surface area contributed by atoms with E-state index in [2.05, 4.69) is 11.8 Å². The maximum absolute atomic E-state index is 11.2. The molecule has 4 heteroatoms. The summed E-state index contributed by atoms with van der Waals surface area (Å²) in [6.45, 7) is 7.25. The summed E-state index contributed by atoms with van der Waals surface area (Å²) in [6.07, 6.45) is 2.44. The highest BCUT2D eigenvalue weighted by atomic mass is 16.1. The van der Waals surface area contributed by atoms with Crippen molar-refractivity contribution in [3.8, 4) is 0 Å². The number of rotatable bonds is 4.